The first-order chi connectivity index (χ1) is 15.1. The SMILES string of the molecule is COc1cc(C)c(NC(=O)c2ccc(Cl)c(S(=O)(=O)N3CC(C)OC(C)C3)c2)cc1OC. The van der Waals surface area contributed by atoms with Crippen LogP contribution in [0, 0.1) is 6.92 Å². The lowest BCUT2D eigenvalue weighted by Gasteiger charge is -2.34. The maximum absolute atomic E-state index is 13.3. The molecule has 2 aromatic rings. The van der Waals surface area contributed by atoms with Crippen molar-refractivity contribution in [2.45, 2.75) is 37.9 Å². The zero-order chi connectivity index (χ0) is 23.6. The Balaban J connectivity index is 1.91. The molecule has 1 aliphatic rings. The van der Waals surface area contributed by atoms with Gasteiger partial charge in [0.05, 0.1) is 31.5 Å². The molecule has 2 aromatic carbocycles. The molecule has 0 radical (unpaired) electrons. The first-order valence-electron chi connectivity index (χ1n) is 10.1. The van der Waals surface area contributed by atoms with Crippen LogP contribution in [0.15, 0.2) is 35.2 Å². The number of carbonyl (C=O) groups excluding carboxylic acids is 1. The monoisotopic (exact) mass is 482 g/mol. The van der Waals surface area contributed by atoms with Crippen molar-refractivity contribution < 1.29 is 27.4 Å². The van der Waals surface area contributed by atoms with Gasteiger partial charge in [-0.25, -0.2) is 8.42 Å². The van der Waals surface area contributed by atoms with Gasteiger partial charge in [0, 0.05) is 30.4 Å². The number of nitrogens with zero attached hydrogens (tertiary/aromatic N) is 1. The summed E-state index contributed by atoms with van der Waals surface area (Å²) in [6, 6.07) is 7.59. The number of nitrogens with one attached hydrogen (secondary N) is 1. The van der Waals surface area contributed by atoms with Gasteiger partial charge in [-0.3, -0.25) is 4.79 Å². The van der Waals surface area contributed by atoms with Crippen LogP contribution in [-0.2, 0) is 14.8 Å². The summed E-state index contributed by atoms with van der Waals surface area (Å²) < 4.78 is 44.1. The summed E-state index contributed by atoms with van der Waals surface area (Å²) in [5.41, 5.74) is 1.44. The molecule has 8 nitrogen and oxygen atoms in total. The molecule has 0 saturated carbocycles. The van der Waals surface area contributed by atoms with Gasteiger partial charge in [0.15, 0.2) is 11.5 Å². The lowest BCUT2D eigenvalue weighted by atomic mass is 10.1. The number of morpholine rings is 1. The Hall–Kier alpha value is -2.33. The topological polar surface area (TPSA) is 94.2 Å². The first-order valence-corrected chi connectivity index (χ1v) is 11.9. The third-order valence-corrected chi connectivity index (χ3v) is 7.49. The van der Waals surface area contributed by atoms with Crippen LogP contribution >= 0.6 is 11.6 Å². The summed E-state index contributed by atoms with van der Waals surface area (Å²) in [5.74, 6) is 0.525. The summed E-state index contributed by atoms with van der Waals surface area (Å²) in [6.45, 7) is 5.87. The van der Waals surface area contributed by atoms with E-state index in [-0.39, 0.29) is 40.8 Å². The van der Waals surface area contributed by atoms with E-state index in [2.05, 4.69) is 5.32 Å². The van der Waals surface area contributed by atoms with Crippen LogP contribution < -0.4 is 14.8 Å². The van der Waals surface area contributed by atoms with Gasteiger partial charge in [-0.05, 0) is 50.6 Å². The van der Waals surface area contributed by atoms with Crippen molar-refractivity contribution in [1.29, 1.82) is 0 Å². The molecule has 1 heterocycles. The fourth-order valence-electron chi connectivity index (χ4n) is 3.62. The molecule has 1 saturated heterocycles. The number of carbonyl (C=O) groups is 1. The van der Waals surface area contributed by atoms with Gasteiger partial charge in [-0.15, -0.1) is 0 Å². The molecule has 0 spiro atoms. The van der Waals surface area contributed by atoms with Crippen molar-refractivity contribution in [1.82, 2.24) is 4.31 Å². The second kappa shape index (κ2) is 9.66. The van der Waals surface area contributed by atoms with Crippen molar-refractivity contribution in [3.8, 4) is 11.5 Å². The van der Waals surface area contributed by atoms with Crippen LogP contribution in [0.2, 0.25) is 5.02 Å². The molecule has 1 fully saturated rings. The zero-order valence-electron chi connectivity index (χ0n) is 18.6. The molecule has 3 rings (SSSR count). The number of aryl methyl sites for hydroxylation is 1. The molecule has 1 aliphatic heterocycles. The first kappa shape index (κ1) is 24.3. The van der Waals surface area contributed by atoms with E-state index in [4.69, 9.17) is 25.8 Å². The highest BCUT2D eigenvalue weighted by atomic mass is 35.5. The number of hydrogen-bond donors (Lipinski definition) is 1. The molecule has 1 amide bonds. The van der Waals surface area contributed by atoms with Gasteiger partial charge < -0.3 is 19.5 Å². The van der Waals surface area contributed by atoms with Gasteiger partial charge >= 0.3 is 0 Å². The third kappa shape index (κ3) is 5.01. The maximum Gasteiger partial charge on any atom is 0.255 e. The van der Waals surface area contributed by atoms with Crippen LogP contribution in [0.3, 0.4) is 0 Å². The number of halogens is 1. The Morgan fingerprint density at radius 3 is 2.28 bits per heavy atom. The highest BCUT2D eigenvalue weighted by Gasteiger charge is 2.34. The molecule has 2 unspecified atom stereocenters. The largest absolute Gasteiger partial charge is 0.493 e. The Morgan fingerprint density at radius 1 is 1.09 bits per heavy atom. The summed E-state index contributed by atoms with van der Waals surface area (Å²) in [4.78, 5) is 12.8. The van der Waals surface area contributed by atoms with Crippen LogP contribution in [0.4, 0.5) is 5.69 Å². The van der Waals surface area contributed by atoms with E-state index in [1.807, 2.05) is 20.8 Å². The lowest BCUT2D eigenvalue weighted by molar-refractivity contribution is -0.0440. The molecule has 2 atom stereocenters. The van der Waals surface area contributed by atoms with E-state index in [1.54, 1.807) is 12.1 Å². The predicted molar refractivity (Wildman–Crippen MR) is 122 cm³/mol. The number of hydrogen-bond acceptors (Lipinski definition) is 6. The minimum atomic E-state index is -3.91. The van der Waals surface area contributed by atoms with E-state index in [0.717, 1.165) is 5.56 Å². The number of methoxy groups -OCH3 is 2. The quantitative estimate of drug-likeness (QED) is 0.674. The van der Waals surface area contributed by atoms with E-state index < -0.39 is 15.9 Å². The smallest absolute Gasteiger partial charge is 0.255 e. The zero-order valence-corrected chi connectivity index (χ0v) is 20.2. The van der Waals surface area contributed by atoms with Crippen molar-refractivity contribution in [3.63, 3.8) is 0 Å². The number of anilines is 1. The average Bonchev–Trinajstić information content (AvgIpc) is 2.74. The van der Waals surface area contributed by atoms with Crippen LogP contribution in [0.1, 0.15) is 29.8 Å². The van der Waals surface area contributed by atoms with Crippen LogP contribution in [-0.4, -0.2) is 58.1 Å². The van der Waals surface area contributed by atoms with Gasteiger partial charge in [0.25, 0.3) is 5.91 Å². The summed E-state index contributed by atoms with van der Waals surface area (Å²) >= 11 is 6.24. The summed E-state index contributed by atoms with van der Waals surface area (Å²) in [6.07, 6.45) is -0.487. The van der Waals surface area contributed by atoms with Gasteiger partial charge in [0.1, 0.15) is 4.90 Å². The molecule has 32 heavy (non-hydrogen) atoms. The van der Waals surface area contributed by atoms with Gasteiger partial charge in [0.2, 0.25) is 10.0 Å². The van der Waals surface area contributed by atoms with Gasteiger partial charge in [-0.2, -0.15) is 4.31 Å². The van der Waals surface area contributed by atoms with Crippen molar-refractivity contribution in [2.75, 3.05) is 32.6 Å². The standard InChI is InChI=1S/C22H27ClN2O6S/c1-13-8-19(29-4)20(30-5)10-18(13)24-22(26)16-6-7-17(23)21(9-16)32(27,28)25-11-14(2)31-15(3)12-25/h6-10,14-15H,11-12H2,1-5H3,(H,24,26). The molecule has 0 aliphatic carbocycles. The van der Waals surface area contributed by atoms with Crippen molar-refractivity contribution in [3.05, 3.63) is 46.5 Å². The van der Waals surface area contributed by atoms with Gasteiger partial charge in [-0.1, -0.05) is 11.6 Å². The number of amides is 1. The third-order valence-electron chi connectivity index (χ3n) is 5.18. The van der Waals surface area contributed by atoms with Crippen LogP contribution in [0.25, 0.3) is 0 Å². The van der Waals surface area contributed by atoms with Crippen molar-refractivity contribution in [2.24, 2.45) is 0 Å². The number of ether oxygens (including phenoxy) is 3. The highest BCUT2D eigenvalue weighted by molar-refractivity contribution is 7.89. The second-order valence-corrected chi connectivity index (χ2v) is 10.0. The number of benzene rings is 2. The van der Waals surface area contributed by atoms with Crippen LogP contribution in [0.5, 0.6) is 11.5 Å². The molecule has 174 valence electrons. The molecule has 10 heteroatoms. The lowest BCUT2D eigenvalue weighted by Crippen LogP contribution is -2.48. The Bertz CT molecular complexity index is 1110. The Labute approximate surface area is 193 Å². The Kier molecular flexibility index (Phi) is 7.34. The number of sulfonamides is 1. The fourth-order valence-corrected chi connectivity index (χ4v) is 5.71. The summed E-state index contributed by atoms with van der Waals surface area (Å²) in [5, 5.41) is 2.85. The second-order valence-electron chi connectivity index (χ2n) is 7.70. The minimum absolute atomic E-state index is 0.0515. The molecule has 0 aromatic heterocycles. The summed E-state index contributed by atoms with van der Waals surface area (Å²) in [7, 11) is -0.879. The predicted octanol–water partition coefficient (Wildman–Crippen LogP) is 3.72. The molecular formula is C22H27ClN2O6S. The molecule has 0 bridgehead atoms. The molecule has 1 N–H and O–H groups in total. The maximum atomic E-state index is 13.3. The highest BCUT2D eigenvalue weighted by Crippen LogP contribution is 2.33. The Morgan fingerprint density at radius 2 is 1.69 bits per heavy atom. The number of rotatable bonds is 6. The van der Waals surface area contributed by atoms with E-state index >= 15 is 0 Å². The van der Waals surface area contributed by atoms with E-state index in [9.17, 15) is 13.2 Å². The normalized spacial score (nSPS) is 19.4. The van der Waals surface area contributed by atoms with E-state index in [1.165, 1.54) is 36.7 Å². The van der Waals surface area contributed by atoms with Crippen molar-refractivity contribution >= 4 is 33.2 Å². The average molecular weight is 483 g/mol. The minimum Gasteiger partial charge on any atom is -0.493 e. The van der Waals surface area contributed by atoms with E-state index in [0.29, 0.717) is 17.2 Å². The fraction of sp³-hybridized carbons (Fsp3) is 0.409. The molecular weight excluding hydrogens is 456 g/mol.